The van der Waals surface area contributed by atoms with Crippen molar-refractivity contribution in [3.8, 4) is 11.1 Å². The van der Waals surface area contributed by atoms with Crippen LogP contribution in [0.25, 0.3) is 11.1 Å². The van der Waals surface area contributed by atoms with E-state index >= 15 is 0 Å². The predicted molar refractivity (Wildman–Crippen MR) is 198 cm³/mol. The van der Waals surface area contributed by atoms with Gasteiger partial charge in [0.2, 0.25) is 5.91 Å². The smallest absolute Gasteiger partial charge is 0.349 e. The molecule has 2 aliphatic heterocycles. The molecule has 2 heterocycles. The molecule has 6 rings (SSSR count). The van der Waals surface area contributed by atoms with Crippen molar-refractivity contribution in [2.24, 2.45) is 28.5 Å². The Labute approximate surface area is 303 Å². The van der Waals surface area contributed by atoms with Crippen LogP contribution in [0, 0.1) is 24.7 Å². The quantitative estimate of drug-likeness (QED) is 0.194. The molecule has 1 saturated carbocycles. The van der Waals surface area contributed by atoms with Crippen LogP contribution in [0.3, 0.4) is 0 Å². The van der Waals surface area contributed by atoms with Crippen molar-refractivity contribution in [3.63, 3.8) is 0 Å². The lowest BCUT2D eigenvalue weighted by Crippen LogP contribution is -2.43. The number of carbonyl (C=O) groups is 3. The van der Waals surface area contributed by atoms with E-state index in [-0.39, 0.29) is 48.1 Å². The summed E-state index contributed by atoms with van der Waals surface area (Å²) >= 11 is 0. The molecule has 0 unspecified atom stereocenters. The molecule has 52 heavy (non-hydrogen) atoms. The van der Waals surface area contributed by atoms with E-state index < -0.39 is 17.8 Å². The lowest BCUT2D eigenvalue weighted by Gasteiger charge is -2.29. The zero-order valence-electron chi connectivity index (χ0n) is 29.9. The number of amides is 2. The molecule has 0 bridgehead atoms. The van der Waals surface area contributed by atoms with E-state index in [0.29, 0.717) is 35.7 Å². The zero-order valence-corrected chi connectivity index (χ0v) is 29.9. The number of hydrogen-bond acceptors (Lipinski definition) is 6. The number of carbonyl (C=O) groups excluding carboxylic acids is 3. The highest BCUT2D eigenvalue weighted by atomic mass is 19.4. The van der Waals surface area contributed by atoms with Gasteiger partial charge in [-0.1, -0.05) is 36.4 Å². The van der Waals surface area contributed by atoms with Crippen molar-refractivity contribution in [2.45, 2.75) is 76.9 Å². The molecule has 0 radical (unpaired) electrons. The van der Waals surface area contributed by atoms with Gasteiger partial charge in [0.25, 0.3) is 5.91 Å². The monoisotopic (exact) mass is 715 g/mol. The minimum Gasteiger partial charge on any atom is -0.349 e. The van der Waals surface area contributed by atoms with Gasteiger partial charge in [0.05, 0.1) is 5.69 Å². The summed E-state index contributed by atoms with van der Waals surface area (Å²) in [6.45, 7) is 4.53. The molecule has 1 atom stereocenters. The number of halogens is 3. The number of Topliss-reactive ketones (excluding diaryl/α,β-unsaturated/α-hetero) is 1. The molecule has 4 N–H and O–H groups in total. The predicted octanol–water partition coefficient (Wildman–Crippen LogP) is 7.20. The van der Waals surface area contributed by atoms with Crippen LogP contribution in [0.1, 0.15) is 72.0 Å². The molecule has 8 nitrogen and oxygen atoms in total. The summed E-state index contributed by atoms with van der Waals surface area (Å²) in [5.74, 6) is -0.759. The lowest BCUT2D eigenvalue weighted by molar-refractivity contribution is -0.129. The Bertz CT molecular complexity index is 1810. The van der Waals surface area contributed by atoms with Gasteiger partial charge >= 0.3 is 6.18 Å². The lowest BCUT2D eigenvalue weighted by atomic mass is 9.77. The summed E-state index contributed by atoms with van der Waals surface area (Å²) in [7, 11) is 2.09. The molecule has 3 aromatic rings. The molecular weight excluding hydrogens is 667 g/mol. The summed E-state index contributed by atoms with van der Waals surface area (Å²) < 4.78 is 39.8. The molecule has 0 aromatic heterocycles. The molecule has 2 amide bonds. The van der Waals surface area contributed by atoms with Gasteiger partial charge in [-0.3, -0.25) is 14.4 Å². The standard InChI is InChI=1S/C41H48F3N5O3/c1-25-19-31(39(51)46-33-15-17-49(2)18-16-33)12-14-35(25)28-7-3-26(4-8-28)20-32(21-37(50)29-9-5-27(24-45)6-10-29)40(52)47-34-13-11-30-22-38(41(42,43)44)48-36(30)23-34/h3-4,7-8,11-14,19,23,27,29,32-33H,5-6,9-10,15-18,20-22,24,45H2,1-2H3,(H,46,51)(H,47,52)/t27?,29?,32-/m1/s1. The van der Waals surface area contributed by atoms with Crippen molar-refractivity contribution in [1.29, 1.82) is 0 Å². The van der Waals surface area contributed by atoms with Gasteiger partial charge in [0.1, 0.15) is 11.5 Å². The summed E-state index contributed by atoms with van der Waals surface area (Å²) in [4.78, 5) is 46.3. The van der Waals surface area contributed by atoms with Gasteiger partial charge in [-0.05, 0) is 137 Å². The van der Waals surface area contributed by atoms with E-state index in [2.05, 4.69) is 27.6 Å². The molecule has 3 aliphatic rings. The molecule has 0 spiro atoms. The van der Waals surface area contributed by atoms with Gasteiger partial charge in [-0.15, -0.1) is 0 Å². The third-order valence-corrected chi connectivity index (χ3v) is 11.0. The minimum absolute atomic E-state index is 0.0520. The van der Waals surface area contributed by atoms with Gasteiger partial charge in [0, 0.05) is 42.0 Å². The fraction of sp³-hybridized carbons (Fsp3) is 0.463. The van der Waals surface area contributed by atoms with E-state index in [1.54, 1.807) is 12.1 Å². The van der Waals surface area contributed by atoms with Crippen molar-refractivity contribution >= 4 is 34.7 Å². The third-order valence-electron chi connectivity index (χ3n) is 11.0. The van der Waals surface area contributed by atoms with Crippen LogP contribution in [0.5, 0.6) is 0 Å². The highest BCUT2D eigenvalue weighted by molar-refractivity contribution is 6.00. The Kier molecular flexibility index (Phi) is 11.6. The first-order valence-corrected chi connectivity index (χ1v) is 18.4. The highest BCUT2D eigenvalue weighted by Gasteiger charge is 2.38. The number of benzene rings is 3. The number of alkyl halides is 3. The second kappa shape index (κ2) is 16.1. The first-order valence-electron chi connectivity index (χ1n) is 18.4. The van der Waals surface area contributed by atoms with Crippen molar-refractivity contribution in [1.82, 2.24) is 10.2 Å². The molecule has 1 saturated heterocycles. The number of likely N-dealkylation sites (tertiary alicyclic amines) is 1. The number of nitrogens with zero attached hydrogens (tertiary/aromatic N) is 2. The maximum Gasteiger partial charge on any atom is 0.429 e. The topological polar surface area (TPSA) is 117 Å². The maximum atomic E-state index is 13.8. The van der Waals surface area contributed by atoms with E-state index in [4.69, 9.17) is 5.73 Å². The maximum absolute atomic E-state index is 13.8. The Morgan fingerprint density at radius 1 is 0.942 bits per heavy atom. The number of piperidine rings is 1. The van der Waals surface area contributed by atoms with Crippen molar-refractivity contribution < 1.29 is 27.6 Å². The highest BCUT2D eigenvalue weighted by Crippen LogP contribution is 2.36. The molecule has 3 aromatic carbocycles. The average molecular weight is 716 g/mol. The number of nitrogens with two attached hydrogens (primary N) is 1. The fourth-order valence-corrected chi connectivity index (χ4v) is 7.71. The first-order chi connectivity index (χ1) is 24.9. The normalized spacial score (nSPS) is 20.2. The Morgan fingerprint density at radius 2 is 1.65 bits per heavy atom. The van der Waals surface area contributed by atoms with Crippen LogP contribution in [0.15, 0.2) is 65.7 Å². The van der Waals surface area contributed by atoms with Gasteiger partial charge in [-0.25, -0.2) is 4.99 Å². The number of aliphatic imine (C=N–C) groups is 1. The number of anilines is 1. The van der Waals surface area contributed by atoms with Crippen LogP contribution < -0.4 is 16.4 Å². The van der Waals surface area contributed by atoms with Crippen LogP contribution in [-0.4, -0.2) is 67.1 Å². The molecule has 2 fully saturated rings. The van der Waals surface area contributed by atoms with Crippen molar-refractivity contribution in [2.75, 3.05) is 32.0 Å². The average Bonchev–Trinajstić information content (AvgIpc) is 3.57. The first kappa shape index (κ1) is 37.4. The zero-order chi connectivity index (χ0) is 37.0. The number of hydrogen-bond donors (Lipinski definition) is 3. The molecule has 1 aliphatic carbocycles. The summed E-state index contributed by atoms with van der Waals surface area (Å²) in [5.41, 5.74) is 10.4. The van der Waals surface area contributed by atoms with E-state index in [0.717, 1.165) is 73.9 Å². The number of rotatable bonds is 11. The summed E-state index contributed by atoms with van der Waals surface area (Å²) in [5, 5.41) is 6.04. The summed E-state index contributed by atoms with van der Waals surface area (Å²) in [6, 6.07) is 18.4. The Balaban J connectivity index is 1.15. The second-order valence-electron chi connectivity index (χ2n) is 14.9. The van der Waals surface area contributed by atoms with E-state index in [1.807, 2.05) is 49.4 Å². The molecule has 11 heteroatoms. The van der Waals surface area contributed by atoms with E-state index in [1.165, 1.54) is 6.07 Å². The Morgan fingerprint density at radius 3 is 2.31 bits per heavy atom. The summed E-state index contributed by atoms with van der Waals surface area (Å²) in [6.07, 6.45) is 0.730. The number of aryl methyl sites for hydroxylation is 1. The van der Waals surface area contributed by atoms with Crippen molar-refractivity contribution in [3.05, 3.63) is 82.9 Å². The third kappa shape index (κ3) is 9.16. The Hall–Kier alpha value is -4.35. The number of fused-ring (bicyclic) bond motifs is 1. The van der Waals surface area contributed by atoms with Crippen LogP contribution >= 0.6 is 0 Å². The largest absolute Gasteiger partial charge is 0.429 e. The number of ketones is 1. The second-order valence-corrected chi connectivity index (χ2v) is 14.9. The molecular formula is C41H48F3N5O3. The number of nitrogens with one attached hydrogen (secondary N) is 2. The van der Waals surface area contributed by atoms with E-state index in [9.17, 15) is 27.6 Å². The van der Waals surface area contributed by atoms with Gasteiger partial charge < -0.3 is 21.3 Å². The SMILES string of the molecule is Cc1cc(C(=O)NC2CCN(C)CC2)ccc1-c1ccc(C[C@H](CC(=O)C2CCC(CN)CC2)C(=O)Nc2ccc3c(c2)N=C(C(F)(F)F)C3)cc1. The van der Waals surface area contributed by atoms with Crippen LogP contribution in [0.2, 0.25) is 0 Å². The minimum atomic E-state index is -4.52. The van der Waals surface area contributed by atoms with Crippen LogP contribution in [0.4, 0.5) is 24.5 Å². The molecule has 276 valence electrons. The van der Waals surface area contributed by atoms with Gasteiger partial charge in [0.15, 0.2) is 0 Å². The van der Waals surface area contributed by atoms with Crippen LogP contribution in [-0.2, 0) is 22.4 Å². The van der Waals surface area contributed by atoms with Gasteiger partial charge in [-0.2, -0.15) is 13.2 Å². The fourth-order valence-electron chi connectivity index (χ4n) is 7.71.